The summed E-state index contributed by atoms with van der Waals surface area (Å²) in [5.41, 5.74) is 1.15. The van der Waals surface area contributed by atoms with Crippen molar-refractivity contribution in [3.63, 3.8) is 0 Å². The molecule has 0 spiro atoms. The van der Waals surface area contributed by atoms with E-state index in [0.717, 1.165) is 18.7 Å². The number of phenols is 1. The van der Waals surface area contributed by atoms with Gasteiger partial charge in [-0.05, 0) is 52.7 Å². The van der Waals surface area contributed by atoms with E-state index in [-0.39, 0.29) is 16.8 Å². The summed E-state index contributed by atoms with van der Waals surface area (Å²) in [6.07, 6.45) is 2.03. The molecule has 7 nitrogen and oxygen atoms in total. The number of piperidine rings is 1. The summed E-state index contributed by atoms with van der Waals surface area (Å²) in [6.45, 7) is 8.95. The van der Waals surface area contributed by atoms with Gasteiger partial charge in [0.25, 0.3) is 0 Å². The Labute approximate surface area is 173 Å². The second-order valence-electron chi connectivity index (χ2n) is 9.07. The van der Waals surface area contributed by atoms with Gasteiger partial charge in [0.15, 0.2) is 5.82 Å². The number of methoxy groups -OCH3 is 2. The highest BCUT2D eigenvalue weighted by Gasteiger charge is 2.39. The fourth-order valence-electron chi connectivity index (χ4n) is 4.49. The molecule has 0 unspecified atom stereocenters. The van der Waals surface area contributed by atoms with Crippen molar-refractivity contribution in [1.82, 2.24) is 15.5 Å². The standard InChI is InChI=1S/C22H32N4O3/c1-21(2)12-14(13-22(3,4)25-21)26(5)19-9-8-16(23-24-19)20-17(27)10-15(28-6)11-18(20)29-7/h8-11,14,25,27H,12-13H2,1-7H3. The Balaban J connectivity index is 1.87. The van der Waals surface area contributed by atoms with Gasteiger partial charge in [-0.1, -0.05) is 0 Å². The van der Waals surface area contributed by atoms with Gasteiger partial charge in [0.2, 0.25) is 0 Å². The molecule has 3 rings (SSSR count). The van der Waals surface area contributed by atoms with E-state index in [1.165, 1.54) is 0 Å². The van der Waals surface area contributed by atoms with Crippen LogP contribution in [0.3, 0.4) is 0 Å². The molecule has 7 heteroatoms. The number of nitrogens with one attached hydrogen (secondary N) is 1. The fraction of sp³-hybridized carbons (Fsp3) is 0.545. The van der Waals surface area contributed by atoms with Crippen LogP contribution in [0, 0.1) is 0 Å². The van der Waals surface area contributed by atoms with Crippen LogP contribution in [-0.4, -0.2) is 53.7 Å². The van der Waals surface area contributed by atoms with Crippen LogP contribution in [0.2, 0.25) is 0 Å². The molecule has 1 saturated heterocycles. The van der Waals surface area contributed by atoms with E-state index in [2.05, 4.69) is 55.2 Å². The molecule has 1 aromatic carbocycles. The summed E-state index contributed by atoms with van der Waals surface area (Å²) in [5.74, 6) is 1.85. The van der Waals surface area contributed by atoms with Crippen molar-refractivity contribution in [2.24, 2.45) is 0 Å². The molecule has 0 radical (unpaired) electrons. The van der Waals surface area contributed by atoms with Crippen LogP contribution in [0.5, 0.6) is 17.2 Å². The summed E-state index contributed by atoms with van der Waals surface area (Å²) in [4.78, 5) is 2.20. The van der Waals surface area contributed by atoms with Crippen molar-refractivity contribution in [2.75, 3.05) is 26.2 Å². The fourth-order valence-corrected chi connectivity index (χ4v) is 4.49. The Bertz CT molecular complexity index is 849. The maximum Gasteiger partial charge on any atom is 0.151 e. The summed E-state index contributed by atoms with van der Waals surface area (Å²) < 4.78 is 10.6. The van der Waals surface area contributed by atoms with Gasteiger partial charge in [0, 0.05) is 36.3 Å². The molecular formula is C22H32N4O3. The van der Waals surface area contributed by atoms with Crippen molar-refractivity contribution in [3.05, 3.63) is 24.3 Å². The van der Waals surface area contributed by atoms with Gasteiger partial charge >= 0.3 is 0 Å². The Morgan fingerprint density at radius 2 is 1.69 bits per heavy atom. The summed E-state index contributed by atoms with van der Waals surface area (Å²) in [7, 11) is 5.16. The molecule has 0 atom stereocenters. The molecule has 1 aliphatic heterocycles. The molecule has 158 valence electrons. The van der Waals surface area contributed by atoms with E-state index in [1.54, 1.807) is 26.4 Å². The van der Waals surface area contributed by atoms with Crippen LogP contribution in [-0.2, 0) is 0 Å². The predicted molar refractivity (Wildman–Crippen MR) is 115 cm³/mol. The SMILES string of the molecule is COc1cc(O)c(-c2ccc(N(C)C3CC(C)(C)NC(C)(C)C3)nn2)c(OC)c1. The first-order valence-corrected chi connectivity index (χ1v) is 9.86. The maximum absolute atomic E-state index is 10.4. The number of aromatic nitrogens is 2. The van der Waals surface area contributed by atoms with E-state index < -0.39 is 0 Å². The van der Waals surface area contributed by atoms with Crippen molar-refractivity contribution in [1.29, 1.82) is 0 Å². The molecule has 0 saturated carbocycles. The highest BCUT2D eigenvalue weighted by molar-refractivity contribution is 5.75. The van der Waals surface area contributed by atoms with Crippen LogP contribution in [0.25, 0.3) is 11.3 Å². The highest BCUT2D eigenvalue weighted by atomic mass is 16.5. The van der Waals surface area contributed by atoms with Gasteiger partial charge in [-0.3, -0.25) is 0 Å². The number of aromatic hydroxyl groups is 1. The molecule has 2 N–H and O–H groups in total. The van der Waals surface area contributed by atoms with Gasteiger partial charge in [-0.15, -0.1) is 10.2 Å². The number of benzene rings is 1. The minimum atomic E-state index is 0.0402. The second-order valence-corrected chi connectivity index (χ2v) is 9.07. The highest BCUT2D eigenvalue weighted by Crippen LogP contribution is 2.40. The first-order chi connectivity index (χ1) is 13.5. The van der Waals surface area contributed by atoms with Gasteiger partial charge in [0.05, 0.1) is 19.8 Å². The molecular weight excluding hydrogens is 368 g/mol. The van der Waals surface area contributed by atoms with Crippen molar-refractivity contribution in [3.8, 4) is 28.5 Å². The minimum Gasteiger partial charge on any atom is -0.507 e. The van der Waals surface area contributed by atoms with Crippen LogP contribution in [0.1, 0.15) is 40.5 Å². The summed E-state index contributed by atoms with van der Waals surface area (Å²) >= 11 is 0. The van der Waals surface area contributed by atoms with Crippen molar-refractivity contribution in [2.45, 2.75) is 57.7 Å². The smallest absolute Gasteiger partial charge is 0.151 e. The second kappa shape index (κ2) is 7.71. The number of ether oxygens (including phenoxy) is 2. The molecule has 2 heterocycles. The molecule has 0 amide bonds. The molecule has 1 aromatic heterocycles. The third kappa shape index (κ3) is 4.56. The van der Waals surface area contributed by atoms with Crippen molar-refractivity contribution >= 4 is 5.82 Å². The van der Waals surface area contributed by atoms with E-state index in [0.29, 0.717) is 28.8 Å². The number of nitrogens with zero attached hydrogens (tertiary/aromatic N) is 3. The monoisotopic (exact) mass is 400 g/mol. The lowest BCUT2D eigenvalue weighted by Crippen LogP contribution is -2.62. The van der Waals surface area contributed by atoms with Crippen LogP contribution in [0.4, 0.5) is 5.82 Å². The summed E-state index contributed by atoms with van der Waals surface area (Å²) in [6, 6.07) is 7.41. The lowest BCUT2D eigenvalue weighted by molar-refractivity contribution is 0.160. The Morgan fingerprint density at radius 1 is 1.03 bits per heavy atom. The zero-order valence-corrected chi connectivity index (χ0v) is 18.4. The first kappa shape index (κ1) is 21.2. The van der Waals surface area contributed by atoms with E-state index in [9.17, 15) is 5.11 Å². The maximum atomic E-state index is 10.4. The largest absolute Gasteiger partial charge is 0.507 e. The predicted octanol–water partition coefficient (Wildman–Crippen LogP) is 3.61. The number of hydrogen-bond acceptors (Lipinski definition) is 7. The number of phenolic OH excluding ortho intramolecular Hbond substituents is 1. The van der Waals surface area contributed by atoms with Crippen LogP contribution in [0.15, 0.2) is 24.3 Å². The molecule has 1 aliphatic rings. The van der Waals surface area contributed by atoms with E-state index >= 15 is 0 Å². The van der Waals surface area contributed by atoms with Crippen LogP contribution < -0.4 is 19.7 Å². The zero-order chi connectivity index (χ0) is 21.4. The lowest BCUT2D eigenvalue weighted by Gasteiger charge is -2.49. The van der Waals surface area contributed by atoms with Gasteiger partial charge in [0.1, 0.15) is 22.9 Å². The topological polar surface area (TPSA) is 79.7 Å². The average Bonchev–Trinajstić information content (AvgIpc) is 2.64. The first-order valence-electron chi connectivity index (χ1n) is 9.86. The number of anilines is 1. The molecule has 1 fully saturated rings. The molecule has 2 aromatic rings. The zero-order valence-electron chi connectivity index (χ0n) is 18.4. The number of rotatable bonds is 5. The Morgan fingerprint density at radius 3 is 2.21 bits per heavy atom. The average molecular weight is 401 g/mol. The lowest BCUT2D eigenvalue weighted by atomic mass is 9.79. The van der Waals surface area contributed by atoms with Crippen molar-refractivity contribution < 1.29 is 14.6 Å². The third-order valence-corrected chi connectivity index (χ3v) is 5.49. The Hall–Kier alpha value is -2.54. The van der Waals surface area contributed by atoms with Crippen LogP contribution >= 0.6 is 0 Å². The summed E-state index contributed by atoms with van der Waals surface area (Å²) in [5, 5.41) is 23.0. The number of hydrogen-bond donors (Lipinski definition) is 2. The normalized spacial score (nSPS) is 18.3. The van der Waals surface area contributed by atoms with Gasteiger partial charge in [-0.2, -0.15) is 0 Å². The van der Waals surface area contributed by atoms with E-state index in [4.69, 9.17) is 9.47 Å². The van der Waals surface area contributed by atoms with E-state index in [1.807, 2.05) is 12.1 Å². The van der Waals surface area contributed by atoms with Gasteiger partial charge < -0.3 is 24.8 Å². The molecule has 29 heavy (non-hydrogen) atoms. The quantitative estimate of drug-likeness (QED) is 0.793. The molecule has 0 bridgehead atoms. The van der Waals surface area contributed by atoms with Gasteiger partial charge in [-0.25, -0.2) is 0 Å². The third-order valence-electron chi connectivity index (χ3n) is 5.49. The molecule has 0 aliphatic carbocycles. The minimum absolute atomic E-state index is 0.0402. The Kier molecular flexibility index (Phi) is 5.63.